The predicted molar refractivity (Wildman–Crippen MR) is 116 cm³/mol. The molecule has 2 aliphatic heterocycles. The van der Waals surface area contributed by atoms with Gasteiger partial charge in [-0.25, -0.2) is 0 Å². The minimum atomic E-state index is -0.827. The summed E-state index contributed by atoms with van der Waals surface area (Å²) in [5.74, 6) is -0.372. The maximum absolute atomic E-state index is 12.2. The van der Waals surface area contributed by atoms with Crippen molar-refractivity contribution in [1.82, 2.24) is 5.32 Å². The van der Waals surface area contributed by atoms with Gasteiger partial charge in [-0.15, -0.1) is 0 Å². The molecule has 1 fully saturated rings. The van der Waals surface area contributed by atoms with Gasteiger partial charge in [0.1, 0.15) is 0 Å². The van der Waals surface area contributed by atoms with Crippen LogP contribution in [0.1, 0.15) is 37.4 Å². The summed E-state index contributed by atoms with van der Waals surface area (Å²) in [4.78, 5) is 38.2. The van der Waals surface area contributed by atoms with Crippen LogP contribution in [0.25, 0.3) is 0 Å². The minimum Gasteiger partial charge on any atom is -0.454 e. The monoisotopic (exact) mass is 439 g/mol. The second kappa shape index (κ2) is 9.69. The second-order valence-electron chi connectivity index (χ2n) is 7.68. The number of nitrogens with one attached hydrogen (secondary N) is 2. The molecular weight excluding hydrogens is 414 g/mol. The van der Waals surface area contributed by atoms with Crippen LogP contribution in [0.15, 0.2) is 42.5 Å². The largest absolute Gasteiger partial charge is 0.454 e. The standard InChI is InChI=1S/C23H25N3O6/c27-18(15-7-8-19-20(12-15)32-14-31-19)9-10-24-22(29)23(30)25-16-4-3-5-17(13-16)26-11-2-1-6-21(26)28/h3-5,7-8,12-13,18,27H,1-2,6,9-11,14H2,(H,24,29)(H,25,30). The van der Waals surface area contributed by atoms with Crippen molar-refractivity contribution in [2.75, 3.05) is 30.1 Å². The lowest BCUT2D eigenvalue weighted by molar-refractivity contribution is -0.136. The van der Waals surface area contributed by atoms with Crippen LogP contribution in [0.4, 0.5) is 11.4 Å². The molecular formula is C23H25N3O6. The lowest BCUT2D eigenvalue weighted by Gasteiger charge is -2.27. The second-order valence-corrected chi connectivity index (χ2v) is 7.68. The van der Waals surface area contributed by atoms with E-state index in [-0.39, 0.29) is 25.7 Å². The third-order valence-electron chi connectivity index (χ3n) is 5.43. The Hall–Kier alpha value is -3.59. The number of benzene rings is 2. The van der Waals surface area contributed by atoms with Crippen molar-refractivity contribution in [3.8, 4) is 11.5 Å². The molecule has 0 spiro atoms. The van der Waals surface area contributed by atoms with E-state index in [2.05, 4.69) is 10.6 Å². The van der Waals surface area contributed by atoms with Crippen molar-refractivity contribution >= 4 is 29.1 Å². The molecule has 1 saturated heterocycles. The number of aliphatic hydroxyl groups is 1. The Balaban J connectivity index is 1.26. The van der Waals surface area contributed by atoms with Crippen LogP contribution in [0.5, 0.6) is 11.5 Å². The smallest absolute Gasteiger partial charge is 0.313 e. The van der Waals surface area contributed by atoms with Crippen molar-refractivity contribution in [2.24, 2.45) is 0 Å². The molecule has 2 heterocycles. The average molecular weight is 439 g/mol. The maximum Gasteiger partial charge on any atom is 0.313 e. The van der Waals surface area contributed by atoms with E-state index < -0.39 is 17.9 Å². The molecule has 0 saturated carbocycles. The lowest BCUT2D eigenvalue weighted by Crippen LogP contribution is -2.36. The highest BCUT2D eigenvalue weighted by atomic mass is 16.7. The molecule has 2 aliphatic rings. The van der Waals surface area contributed by atoms with Crippen LogP contribution >= 0.6 is 0 Å². The third kappa shape index (κ3) is 5.00. The lowest BCUT2D eigenvalue weighted by atomic mass is 10.1. The number of aliphatic hydroxyl groups excluding tert-OH is 1. The van der Waals surface area contributed by atoms with E-state index in [1.54, 1.807) is 47.4 Å². The van der Waals surface area contributed by atoms with Crippen LogP contribution in [0.3, 0.4) is 0 Å². The normalized spacial score (nSPS) is 15.9. The molecule has 0 aromatic heterocycles. The van der Waals surface area contributed by atoms with Gasteiger partial charge in [0.25, 0.3) is 0 Å². The molecule has 2 aromatic rings. The molecule has 9 heteroatoms. The molecule has 9 nitrogen and oxygen atoms in total. The number of carbonyl (C=O) groups is 3. The molecule has 4 rings (SSSR count). The molecule has 0 bridgehead atoms. The molecule has 0 radical (unpaired) electrons. The molecule has 0 aliphatic carbocycles. The number of amides is 3. The summed E-state index contributed by atoms with van der Waals surface area (Å²) < 4.78 is 10.5. The molecule has 32 heavy (non-hydrogen) atoms. The van der Waals surface area contributed by atoms with Crippen LogP contribution < -0.4 is 25.0 Å². The quantitative estimate of drug-likeness (QED) is 0.594. The SMILES string of the molecule is O=C(NCCC(O)c1ccc2c(c1)OCO2)C(=O)Nc1cccc(N2CCCCC2=O)c1. The Labute approximate surface area is 185 Å². The number of anilines is 2. The minimum absolute atomic E-state index is 0.0542. The van der Waals surface area contributed by atoms with Crippen LogP contribution in [0, 0.1) is 0 Å². The zero-order valence-corrected chi connectivity index (χ0v) is 17.5. The average Bonchev–Trinajstić information content (AvgIpc) is 3.27. The summed E-state index contributed by atoms with van der Waals surface area (Å²) in [6, 6.07) is 12.0. The number of carbonyl (C=O) groups excluding carboxylic acids is 3. The van der Waals surface area contributed by atoms with Gasteiger partial charge >= 0.3 is 11.8 Å². The van der Waals surface area contributed by atoms with Crippen molar-refractivity contribution in [1.29, 1.82) is 0 Å². The first kappa shape index (κ1) is 21.6. The molecule has 1 atom stereocenters. The van der Waals surface area contributed by atoms with Crippen molar-refractivity contribution in [3.05, 3.63) is 48.0 Å². The molecule has 3 N–H and O–H groups in total. The highest BCUT2D eigenvalue weighted by Crippen LogP contribution is 2.34. The Bertz CT molecular complexity index is 1020. The summed E-state index contributed by atoms with van der Waals surface area (Å²) in [6.45, 7) is 0.907. The van der Waals surface area contributed by atoms with Gasteiger partial charge in [0.15, 0.2) is 11.5 Å². The highest BCUT2D eigenvalue weighted by molar-refractivity contribution is 6.39. The molecule has 2 aromatic carbocycles. The molecule has 3 amide bonds. The van der Waals surface area contributed by atoms with Gasteiger partial charge in [-0.3, -0.25) is 14.4 Å². The van der Waals surface area contributed by atoms with Gasteiger partial charge in [-0.1, -0.05) is 12.1 Å². The summed E-state index contributed by atoms with van der Waals surface area (Å²) in [6.07, 6.45) is 1.73. The van der Waals surface area contributed by atoms with E-state index in [0.717, 1.165) is 12.8 Å². The number of nitrogens with zero attached hydrogens (tertiary/aromatic N) is 1. The topological polar surface area (TPSA) is 117 Å². The first-order valence-electron chi connectivity index (χ1n) is 10.6. The van der Waals surface area contributed by atoms with E-state index in [1.165, 1.54) is 0 Å². The van der Waals surface area contributed by atoms with Gasteiger partial charge in [0.05, 0.1) is 6.10 Å². The van der Waals surface area contributed by atoms with Crippen LogP contribution in [0.2, 0.25) is 0 Å². The van der Waals surface area contributed by atoms with Crippen LogP contribution in [-0.4, -0.2) is 42.7 Å². The van der Waals surface area contributed by atoms with Gasteiger partial charge in [-0.05, 0) is 55.2 Å². The fourth-order valence-electron chi connectivity index (χ4n) is 3.71. The third-order valence-corrected chi connectivity index (χ3v) is 5.43. The van der Waals surface area contributed by atoms with Gasteiger partial charge in [0.2, 0.25) is 12.7 Å². The number of fused-ring (bicyclic) bond motifs is 1. The summed E-state index contributed by atoms with van der Waals surface area (Å²) >= 11 is 0. The fourth-order valence-corrected chi connectivity index (χ4v) is 3.71. The first-order valence-corrected chi connectivity index (χ1v) is 10.6. The van der Waals surface area contributed by atoms with E-state index in [1.807, 2.05) is 0 Å². The number of piperidine rings is 1. The van der Waals surface area contributed by atoms with Crippen molar-refractivity contribution in [2.45, 2.75) is 31.8 Å². The van der Waals surface area contributed by atoms with Gasteiger partial charge in [-0.2, -0.15) is 0 Å². The number of rotatable bonds is 6. The van der Waals surface area contributed by atoms with Crippen molar-refractivity contribution in [3.63, 3.8) is 0 Å². The maximum atomic E-state index is 12.2. The van der Waals surface area contributed by atoms with E-state index in [9.17, 15) is 19.5 Å². The van der Waals surface area contributed by atoms with E-state index in [0.29, 0.717) is 41.4 Å². The summed E-state index contributed by atoms with van der Waals surface area (Å²) in [5, 5.41) is 15.4. The van der Waals surface area contributed by atoms with Crippen LogP contribution in [-0.2, 0) is 14.4 Å². The molecule has 168 valence electrons. The Morgan fingerprint density at radius 1 is 1.06 bits per heavy atom. The zero-order valence-electron chi connectivity index (χ0n) is 17.5. The van der Waals surface area contributed by atoms with E-state index >= 15 is 0 Å². The predicted octanol–water partition coefficient (Wildman–Crippen LogP) is 2.11. The number of hydrogen-bond donors (Lipinski definition) is 3. The Morgan fingerprint density at radius 2 is 1.91 bits per heavy atom. The van der Waals surface area contributed by atoms with Crippen molar-refractivity contribution < 1.29 is 29.0 Å². The number of hydrogen-bond acceptors (Lipinski definition) is 6. The van der Waals surface area contributed by atoms with Gasteiger partial charge in [0, 0.05) is 30.9 Å². The highest BCUT2D eigenvalue weighted by Gasteiger charge is 2.21. The zero-order chi connectivity index (χ0) is 22.5. The van der Waals surface area contributed by atoms with Gasteiger partial charge < -0.3 is 30.1 Å². The Morgan fingerprint density at radius 3 is 2.75 bits per heavy atom. The van der Waals surface area contributed by atoms with E-state index in [4.69, 9.17) is 9.47 Å². The summed E-state index contributed by atoms with van der Waals surface area (Å²) in [7, 11) is 0. The Kier molecular flexibility index (Phi) is 6.55. The number of ether oxygens (including phenoxy) is 2. The first-order chi connectivity index (χ1) is 15.5. The summed E-state index contributed by atoms with van der Waals surface area (Å²) in [5.41, 5.74) is 1.76. The fraction of sp³-hybridized carbons (Fsp3) is 0.348. The molecule has 1 unspecified atom stereocenters.